The third kappa shape index (κ3) is 3.64. The average Bonchev–Trinajstić information content (AvgIpc) is 2.40. The zero-order valence-electron chi connectivity index (χ0n) is 11.7. The van der Waals surface area contributed by atoms with Crippen molar-refractivity contribution < 1.29 is 0 Å². The minimum atomic E-state index is -2.05. The van der Waals surface area contributed by atoms with E-state index in [1.54, 1.807) is 3.58 Å². The van der Waals surface area contributed by atoms with Crippen LogP contribution in [0.25, 0.3) is 0 Å². The van der Waals surface area contributed by atoms with Crippen molar-refractivity contribution in [1.29, 1.82) is 5.41 Å². The fraction of sp³-hybridized carbons (Fsp3) is 0.500. The Balaban J connectivity index is 2.84. The second kappa shape index (κ2) is 7.02. The molecule has 1 aromatic rings. The molecule has 0 unspecified atom stereocenters. The molecule has 0 aromatic heterocycles. The molecule has 4 heteroatoms. The number of hydrogen-bond acceptors (Lipinski definition) is 1. The standard InChI is InChI=1S/C8H10N3.3C2H5.Sn/c9-8(10)11-6-7-4-2-1-3-5-7;3*1-2;/h2-5H,6H2,(H4,9,10,11);3*1H2,2H3;. The first kappa shape index (κ1) is 15.3. The molecule has 0 aliphatic heterocycles. The summed E-state index contributed by atoms with van der Waals surface area (Å²) in [7, 11) is 0. The van der Waals surface area contributed by atoms with Gasteiger partial charge in [0.2, 0.25) is 0 Å². The van der Waals surface area contributed by atoms with Crippen molar-refractivity contribution >= 4 is 27.9 Å². The number of hydrogen-bond donors (Lipinski definition) is 3. The molecule has 0 amide bonds. The Morgan fingerprint density at radius 2 is 1.61 bits per heavy atom. The third-order valence-electron chi connectivity index (χ3n) is 4.08. The first-order valence-corrected chi connectivity index (χ1v) is 14.2. The molecule has 0 bridgehead atoms. The van der Waals surface area contributed by atoms with Gasteiger partial charge in [-0.1, -0.05) is 0 Å². The Bertz CT molecular complexity index is 374. The van der Waals surface area contributed by atoms with E-state index < -0.39 is 18.4 Å². The van der Waals surface area contributed by atoms with Crippen LogP contribution in [0.2, 0.25) is 13.3 Å². The van der Waals surface area contributed by atoms with E-state index in [2.05, 4.69) is 50.4 Å². The molecular weight excluding hydrogens is 329 g/mol. The van der Waals surface area contributed by atoms with E-state index in [0.717, 1.165) is 0 Å². The van der Waals surface area contributed by atoms with Gasteiger partial charge in [-0.3, -0.25) is 0 Å². The van der Waals surface area contributed by atoms with Crippen molar-refractivity contribution in [2.24, 2.45) is 5.73 Å². The summed E-state index contributed by atoms with van der Waals surface area (Å²) in [5.41, 5.74) is 6.48. The van der Waals surface area contributed by atoms with Gasteiger partial charge in [0.05, 0.1) is 0 Å². The van der Waals surface area contributed by atoms with Crippen molar-refractivity contribution in [2.45, 2.75) is 40.6 Å². The zero-order chi connectivity index (χ0) is 13.6. The van der Waals surface area contributed by atoms with Crippen LogP contribution in [-0.4, -0.2) is 24.3 Å². The van der Waals surface area contributed by atoms with Crippen molar-refractivity contribution in [3.63, 3.8) is 0 Å². The van der Waals surface area contributed by atoms with Crippen LogP contribution in [0.5, 0.6) is 0 Å². The minimum absolute atomic E-state index is 0.0308. The van der Waals surface area contributed by atoms with E-state index >= 15 is 0 Å². The summed E-state index contributed by atoms with van der Waals surface area (Å²) in [6.45, 7) is 7.71. The topological polar surface area (TPSA) is 61.9 Å². The number of guanidine groups is 1. The fourth-order valence-corrected chi connectivity index (χ4v) is 12.8. The van der Waals surface area contributed by atoms with Crippen LogP contribution in [0.1, 0.15) is 26.3 Å². The van der Waals surface area contributed by atoms with E-state index in [4.69, 9.17) is 11.1 Å². The van der Waals surface area contributed by atoms with Crippen LogP contribution in [0, 0.1) is 5.41 Å². The molecule has 1 aromatic carbocycles. The first-order valence-electron chi connectivity index (χ1n) is 6.75. The molecule has 0 saturated heterocycles. The molecule has 18 heavy (non-hydrogen) atoms. The predicted octanol–water partition coefficient (Wildman–Crippen LogP) is 2.39. The monoisotopic (exact) mass is 355 g/mol. The summed E-state index contributed by atoms with van der Waals surface area (Å²) >= 11 is -2.05. The Hall–Kier alpha value is -0.711. The van der Waals surface area contributed by atoms with Crippen LogP contribution in [0.15, 0.2) is 24.3 Å². The van der Waals surface area contributed by atoms with Gasteiger partial charge in [-0.25, -0.2) is 0 Å². The van der Waals surface area contributed by atoms with Crippen LogP contribution in [0.4, 0.5) is 0 Å². The van der Waals surface area contributed by atoms with E-state index in [-0.39, 0.29) is 5.96 Å². The molecule has 0 atom stereocenters. The van der Waals surface area contributed by atoms with Gasteiger partial charge in [-0.2, -0.15) is 0 Å². The van der Waals surface area contributed by atoms with E-state index in [1.807, 2.05) is 0 Å². The van der Waals surface area contributed by atoms with Gasteiger partial charge >= 0.3 is 115 Å². The first-order chi connectivity index (χ1) is 8.57. The molecule has 0 radical (unpaired) electrons. The summed E-state index contributed by atoms with van der Waals surface area (Å²) in [5.74, 6) is 0.0308. The Morgan fingerprint density at radius 3 is 2.00 bits per heavy atom. The molecule has 4 N–H and O–H groups in total. The van der Waals surface area contributed by atoms with Gasteiger partial charge in [0.15, 0.2) is 0 Å². The summed E-state index contributed by atoms with van der Waals surface area (Å²) in [6.07, 6.45) is 0. The van der Waals surface area contributed by atoms with Crippen LogP contribution in [0.3, 0.4) is 0 Å². The van der Waals surface area contributed by atoms with Crippen molar-refractivity contribution in [2.75, 3.05) is 0 Å². The zero-order valence-corrected chi connectivity index (χ0v) is 14.6. The third-order valence-corrected chi connectivity index (χ3v) is 20.1. The molecular formula is C14H25N3Sn. The van der Waals surface area contributed by atoms with Gasteiger partial charge in [-0.05, 0) is 0 Å². The normalized spacial score (nSPS) is 11.3. The maximum absolute atomic E-state index is 7.15. The summed E-state index contributed by atoms with van der Waals surface area (Å²) in [6, 6.07) is 8.98. The molecule has 3 nitrogen and oxygen atoms in total. The van der Waals surface area contributed by atoms with Crippen molar-refractivity contribution in [3.8, 4) is 0 Å². The molecule has 0 fully saturated rings. The maximum atomic E-state index is 7.15. The summed E-state index contributed by atoms with van der Waals surface area (Å²) in [5, 5.41) is 9.99. The molecule has 1 rings (SSSR count). The van der Waals surface area contributed by atoms with Gasteiger partial charge in [-0.15, -0.1) is 0 Å². The van der Waals surface area contributed by atoms with E-state index in [1.165, 1.54) is 18.9 Å². The molecule has 100 valence electrons. The Kier molecular flexibility index (Phi) is 5.99. The Labute approximate surface area is 115 Å². The van der Waals surface area contributed by atoms with Crippen molar-refractivity contribution in [3.05, 3.63) is 29.8 Å². The molecule has 0 spiro atoms. The van der Waals surface area contributed by atoms with Gasteiger partial charge in [0, 0.05) is 0 Å². The van der Waals surface area contributed by atoms with Gasteiger partial charge < -0.3 is 0 Å². The van der Waals surface area contributed by atoms with Gasteiger partial charge in [0.25, 0.3) is 0 Å². The average molecular weight is 354 g/mol. The van der Waals surface area contributed by atoms with Crippen LogP contribution in [-0.2, 0) is 6.54 Å². The van der Waals surface area contributed by atoms with Crippen molar-refractivity contribution in [1.82, 2.24) is 5.32 Å². The molecule has 0 aliphatic rings. The number of rotatable bonds is 6. The van der Waals surface area contributed by atoms with E-state index in [0.29, 0.717) is 6.54 Å². The molecule has 0 heterocycles. The quantitative estimate of drug-likeness (QED) is 0.417. The van der Waals surface area contributed by atoms with Crippen LogP contribution >= 0.6 is 0 Å². The van der Waals surface area contributed by atoms with Crippen LogP contribution < -0.4 is 14.6 Å². The fourth-order valence-electron chi connectivity index (χ4n) is 2.54. The summed E-state index contributed by atoms with van der Waals surface area (Å²) < 4.78 is 5.77. The summed E-state index contributed by atoms with van der Waals surface area (Å²) in [4.78, 5) is 0. The predicted molar refractivity (Wildman–Crippen MR) is 82.0 cm³/mol. The molecule has 0 saturated carbocycles. The SMILES string of the molecule is C[CH2][Sn]([CH2]C)([CH2]C)[c]1ccc(CNC(=N)N)cc1. The second-order valence-corrected chi connectivity index (χ2v) is 19.8. The van der Waals surface area contributed by atoms with E-state index in [9.17, 15) is 0 Å². The Morgan fingerprint density at radius 1 is 1.11 bits per heavy atom. The number of nitrogens with two attached hydrogens (primary N) is 1. The van der Waals surface area contributed by atoms with Gasteiger partial charge in [0.1, 0.15) is 0 Å². The number of nitrogens with one attached hydrogen (secondary N) is 2. The second-order valence-electron chi connectivity index (χ2n) is 4.81. The number of benzene rings is 1. The molecule has 0 aliphatic carbocycles.